The van der Waals surface area contributed by atoms with Crippen molar-refractivity contribution >= 4 is 0 Å². The van der Waals surface area contributed by atoms with Gasteiger partial charge in [-0.25, -0.2) is 8.78 Å². The highest BCUT2D eigenvalue weighted by molar-refractivity contribution is 5.21. The zero-order chi connectivity index (χ0) is 13.1. The van der Waals surface area contributed by atoms with E-state index < -0.39 is 11.6 Å². The summed E-state index contributed by atoms with van der Waals surface area (Å²) < 4.78 is 27.6. The SMILES string of the molecule is CC(NCc1cnn(C)c1)c1ccc(F)c(F)c1. The topological polar surface area (TPSA) is 29.9 Å². The quantitative estimate of drug-likeness (QED) is 0.905. The van der Waals surface area contributed by atoms with Crippen LogP contribution >= 0.6 is 0 Å². The number of halogens is 2. The number of benzene rings is 1. The molecular weight excluding hydrogens is 236 g/mol. The van der Waals surface area contributed by atoms with Crippen LogP contribution < -0.4 is 5.32 Å². The van der Waals surface area contributed by atoms with Gasteiger partial charge in [-0.2, -0.15) is 5.10 Å². The van der Waals surface area contributed by atoms with Crippen molar-refractivity contribution in [2.24, 2.45) is 7.05 Å². The molecule has 0 aliphatic rings. The van der Waals surface area contributed by atoms with Crippen LogP contribution in [0.25, 0.3) is 0 Å². The number of nitrogens with zero attached hydrogens (tertiary/aromatic N) is 2. The second-order valence-electron chi connectivity index (χ2n) is 4.30. The molecule has 0 spiro atoms. The van der Waals surface area contributed by atoms with E-state index in [9.17, 15) is 8.78 Å². The molecule has 3 nitrogen and oxygen atoms in total. The van der Waals surface area contributed by atoms with E-state index in [0.717, 1.165) is 17.2 Å². The van der Waals surface area contributed by atoms with Crippen molar-refractivity contribution in [3.8, 4) is 0 Å². The average molecular weight is 251 g/mol. The summed E-state index contributed by atoms with van der Waals surface area (Å²) in [6.45, 7) is 2.54. The van der Waals surface area contributed by atoms with Gasteiger partial charge in [0.25, 0.3) is 0 Å². The predicted molar refractivity (Wildman–Crippen MR) is 64.8 cm³/mol. The summed E-state index contributed by atoms with van der Waals surface area (Å²) in [4.78, 5) is 0. The van der Waals surface area contributed by atoms with Crippen molar-refractivity contribution in [1.82, 2.24) is 15.1 Å². The van der Waals surface area contributed by atoms with Crippen LogP contribution in [0.15, 0.2) is 30.6 Å². The number of hydrogen-bond acceptors (Lipinski definition) is 2. The van der Waals surface area contributed by atoms with Crippen molar-refractivity contribution in [3.63, 3.8) is 0 Å². The lowest BCUT2D eigenvalue weighted by Gasteiger charge is -2.13. The molecule has 0 aliphatic carbocycles. The van der Waals surface area contributed by atoms with Gasteiger partial charge in [0.2, 0.25) is 0 Å². The average Bonchev–Trinajstić information content (AvgIpc) is 2.75. The minimum absolute atomic E-state index is 0.0553. The van der Waals surface area contributed by atoms with Crippen LogP contribution in [0.1, 0.15) is 24.1 Å². The molecule has 5 heteroatoms. The monoisotopic (exact) mass is 251 g/mol. The Labute approximate surface area is 104 Å². The maximum absolute atomic E-state index is 13.1. The van der Waals surface area contributed by atoms with Gasteiger partial charge in [0.05, 0.1) is 6.20 Å². The molecule has 0 amide bonds. The van der Waals surface area contributed by atoms with Gasteiger partial charge in [0.1, 0.15) is 0 Å². The Morgan fingerprint density at radius 3 is 2.72 bits per heavy atom. The minimum atomic E-state index is -0.821. The number of rotatable bonds is 4. The third-order valence-electron chi connectivity index (χ3n) is 2.81. The van der Waals surface area contributed by atoms with E-state index in [0.29, 0.717) is 6.54 Å². The van der Waals surface area contributed by atoms with Gasteiger partial charge in [-0.1, -0.05) is 6.07 Å². The summed E-state index contributed by atoms with van der Waals surface area (Å²) >= 11 is 0. The molecule has 0 radical (unpaired) electrons. The Balaban J connectivity index is 1.99. The molecule has 1 unspecified atom stereocenters. The summed E-state index contributed by atoms with van der Waals surface area (Å²) in [6.07, 6.45) is 3.68. The molecule has 2 aromatic rings. The van der Waals surface area contributed by atoms with Crippen molar-refractivity contribution in [2.45, 2.75) is 19.5 Å². The molecule has 1 heterocycles. The molecule has 0 fully saturated rings. The summed E-state index contributed by atoms with van der Waals surface area (Å²) in [5.41, 5.74) is 1.77. The number of hydrogen-bond donors (Lipinski definition) is 1. The molecule has 0 bridgehead atoms. The lowest BCUT2D eigenvalue weighted by Crippen LogP contribution is -2.18. The van der Waals surface area contributed by atoms with Crippen LogP contribution in [-0.2, 0) is 13.6 Å². The molecule has 2 rings (SSSR count). The van der Waals surface area contributed by atoms with E-state index in [1.165, 1.54) is 6.07 Å². The number of aryl methyl sites for hydroxylation is 1. The van der Waals surface area contributed by atoms with E-state index >= 15 is 0 Å². The Kier molecular flexibility index (Phi) is 3.72. The second kappa shape index (κ2) is 5.27. The van der Waals surface area contributed by atoms with Gasteiger partial charge in [-0.3, -0.25) is 4.68 Å². The fourth-order valence-electron chi connectivity index (χ4n) is 1.73. The normalized spacial score (nSPS) is 12.7. The first-order valence-corrected chi connectivity index (χ1v) is 5.72. The highest BCUT2D eigenvalue weighted by Gasteiger charge is 2.09. The number of nitrogens with one attached hydrogen (secondary N) is 1. The van der Waals surface area contributed by atoms with Crippen LogP contribution in [0.3, 0.4) is 0 Å². The summed E-state index contributed by atoms with van der Waals surface area (Å²) in [5.74, 6) is -1.64. The molecule has 96 valence electrons. The molecule has 1 N–H and O–H groups in total. The molecule has 18 heavy (non-hydrogen) atoms. The van der Waals surface area contributed by atoms with Gasteiger partial charge >= 0.3 is 0 Å². The second-order valence-corrected chi connectivity index (χ2v) is 4.30. The van der Waals surface area contributed by atoms with Gasteiger partial charge in [-0.15, -0.1) is 0 Å². The Hall–Kier alpha value is -1.75. The summed E-state index contributed by atoms with van der Waals surface area (Å²) in [6, 6.07) is 3.89. The number of aromatic nitrogens is 2. The summed E-state index contributed by atoms with van der Waals surface area (Å²) in [7, 11) is 1.85. The van der Waals surface area contributed by atoms with Crippen molar-refractivity contribution < 1.29 is 8.78 Å². The van der Waals surface area contributed by atoms with Crippen LogP contribution in [0.5, 0.6) is 0 Å². The highest BCUT2D eigenvalue weighted by atomic mass is 19.2. The summed E-state index contributed by atoms with van der Waals surface area (Å²) in [5, 5.41) is 7.29. The zero-order valence-electron chi connectivity index (χ0n) is 10.3. The first-order chi connectivity index (χ1) is 8.56. The molecule has 0 aliphatic heterocycles. The standard InChI is InChI=1S/C13H15F2N3/c1-9(11-3-4-12(14)13(15)5-11)16-6-10-7-17-18(2)8-10/h3-5,7-9,16H,6H2,1-2H3. The van der Waals surface area contributed by atoms with Crippen LogP contribution in [0.2, 0.25) is 0 Å². The van der Waals surface area contributed by atoms with Crippen LogP contribution in [0, 0.1) is 11.6 Å². The van der Waals surface area contributed by atoms with E-state index in [2.05, 4.69) is 10.4 Å². The van der Waals surface area contributed by atoms with Crippen LogP contribution in [-0.4, -0.2) is 9.78 Å². The predicted octanol–water partition coefficient (Wildman–Crippen LogP) is 2.55. The molecule has 0 saturated heterocycles. The van der Waals surface area contributed by atoms with Crippen molar-refractivity contribution in [3.05, 3.63) is 53.4 Å². The zero-order valence-corrected chi connectivity index (χ0v) is 10.3. The van der Waals surface area contributed by atoms with E-state index in [4.69, 9.17) is 0 Å². The fourth-order valence-corrected chi connectivity index (χ4v) is 1.73. The maximum Gasteiger partial charge on any atom is 0.159 e. The third kappa shape index (κ3) is 2.92. The first-order valence-electron chi connectivity index (χ1n) is 5.72. The Morgan fingerprint density at radius 1 is 1.33 bits per heavy atom. The van der Waals surface area contributed by atoms with E-state index in [-0.39, 0.29) is 6.04 Å². The van der Waals surface area contributed by atoms with Crippen molar-refractivity contribution in [1.29, 1.82) is 0 Å². The fraction of sp³-hybridized carbons (Fsp3) is 0.308. The van der Waals surface area contributed by atoms with Crippen molar-refractivity contribution in [2.75, 3.05) is 0 Å². The van der Waals surface area contributed by atoms with E-state index in [1.807, 2.05) is 20.2 Å². The van der Waals surface area contributed by atoms with Gasteiger partial charge < -0.3 is 5.32 Å². The lowest BCUT2D eigenvalue weighted by atomic mass is 10.1. The van der Waals surface area contributed by atoms with Gasteiger partial charge in [0.15, 0.2) is 11.6 Å². The first kappa shape index (κ1) is 12.7. The van der Waals surface area contributed by atoms with Gasteiger partial charge in [0, 0.05) is 31.4 Å². The largest absolute Gasteiger partial charge is 0.306 e. The van der Waals surface area contributed by atoms with Crippen LogP contribution in [0.4, 0.5) is 8.78 Å². The molecule has 1 aromatic carbocycles. The molecular formula is C13H15F2N3. The van der Waals surface area contributed by atoms with Gasteiger partial charge in [-0.05, 0) is 24.6 Å². The Morgan fingerprint density at radius 2 is 2.11 bits per heavy atom. The molecule has 1 atom stereocenters. The smallest absolute Gasteiger partial charge is 0.159 e. The molecule has 1 aromatic heterocycles. The Bertz CT molecular complexity index is 537. The minimum Gasteiger partial charge on any atom is -0.306 e. The molecule has 0 saturated carbocycles. The highest BCUT2D eigenvalue weighted by Crippen LogP contribution is 2.16. The van der Waals surface area contributed by atoms with E-state index in [1.54, 1.807) is 16.9 Å². The lowest BCUT2D eigenvalue weighted by molar-refractivity contribution is 0.500. The third-order valence-corrected chi connectivity index (χ3v) is 2.81. The maximum atomic E-state index is 13.1.